The van der Waals surface area contributed by atoms with Crippen LogP contribution in [0.1, 0.15) is 52.6 Å². The van der Waals surface area contributed by atoms with E-state index in [4.69, 9.17) is 9.47 Å². The molecule has 0 atom stereocenters. The molecule has 0 saturated carbocycles. The van der Waals surface area contributed by atoms with Crippen LogP contribution in [0.4, 0.5) is 5.69 Å². The zero-order chi connectivity index (χ0) is 21.1. The molecule has 154 valence electrons. The van der Waals surface area contributed by atoms with E-state index in [1.165, 1.54) is 19.6 Å². The number of amides is 1. The SMILES string of the molecule is COc1cc(OC(C)C)c(C(C)=O)cc1C(=O)Nc1cccc2c1CCN(C)C2. The Morgan fingerprint density at radius 1 is 1.14 bits per heavy atom. The normalized spacial score (nSPS) is 13.7. The maximum absolute atomic E-state index is 13.1. The molecule has 29 heavy (non-hydrogen) atoms. The lowest BCUT2D eigenvalue weighted by Crippen LogP contribution is -2.27. The molecule has 1 heterocycles. The molecule has 0 radical (unpaired) electrons. The van der Waals surface area contributed by atoms with Crippen LogP contribution in [-0.4, -0.2) is 43.4 Å². The molecule has 6 heteroatoms. The number of carbonyl (C=O) groups excluding carboxylic acids is 2. The van der Waals surface area contributed by atoms with Gasteiger partial charge in [0.25, 0.3) is 5.91 Å². The van der Waals surface area contributed by atoms with E-state index in [1.807, 2.05) is 26.0 Å². The van der Waals surface area contributed by atoms with E-state index < -0.39 is 0 Å². The molecule has 3 rings (SSSR count). The highest BCUT2D eigenvalue weighted by atomic mass is 16.5. The fourth-order valence-electron chi connectivity index (χ4n) is 3.59. The van der Waals surface area contributed by atoms with Crippen molar-refractivity contribution >= 4 is 17.4 Å². The molecule has 0 saturated heterocycles. The van der Waals surface area contributed by atoms with Gasteiger partial charge >= 0.3 is 0 Å². The van der Waals surface area contributed by atoms with Gasteiger partial charge in [0.2, 0.25) is 0 Å². The molecule has 0 bridgehead atoms. The zero-order valence-corrected chi connectivity index (χ0v) is 17.7. The number of Topliss-reactive ketones (excluding diaryl/α,β-unsaturated/α-hetero) is 1. The molecular formula is C23H28N2O4. The predicted molar refractivity (Wildman–Crippen MR) is 113 cm³/mol. The van der Waals surface area contributed by atoms with Gasteiger partial charge in [-0.3, -0.25) is 9.59 Å². The molecule has 6 nitrogen and oxygen atoms in total. The number of hydrogen-bond donors (Lipinski definition) is 1. The lowest BCUT2D eigenvalue weighted by molar-refractivity contribution is 0.101. The number of anilines is 1. The van der Waals surface area contributed by atoms with Gasteiger partial charge in [0.15, 0.2) is 5.78 Å². The number of nitrogens with zero attached hydrogens (tertiary/aromatic N) is 1. The van der Waals surface area contributed by atoms with Crippen molar-refractivity contribution in [3.8, 4) is 11.5 Å². The van der Waals surface area contributed by atoms with Crippen LogP contribution in [0.2, 0.25) is 0 Å². The minimum atomic E-state index is -0.312. The Hall–Kier alpha value is -2.86. The molecule has 2 aromatic carbocycles. The van der Waals surface area contributed by atoms with E-state index in [0.29, 0.717) is 22.6 Å². The van der Waals surface area contributed by atoms with Crippen LogP contribution < -0.4 is 14.8 Å². The highest BCUT2D eigenvalue weighted by Crippen LogP contribution is 2.32. The summed E-state index contributed by atoms with van der Waals surface area (Å²) < 4.78 is 11.2. The van der Waals surface area contributed by atoms with Crippen LogP contribution in [0.3, 0.4) is 0 Å². The lowest BCUT2D eigenvalue weighted by Gasteiger charge is -2.27. The Labute approximate surface area is 171 Å². The number of likely N-dealkylation sites (N-methyl/N-ethyl adjacent to an activating group) is 1. The Kier molecular flexibility index (Phi) is 6.23. The number of methoxy groups -OCH3 is 1. The average Bonchev–Trinajstić information content (AvgIpc) is 2.66. The van der Waals surface area contributed by atoms with E-state index in [1.54, 1.807) is 12.1 Å². The first-order valence-corrected chi connectivity index (χ1v) is 9.80. The number of fused-ring (bicyclic) bond motifs is 1. The molecule has 1 amide bonds. The number of benzene rings is 2. The summed E-state index contributed by atoms with van der Waals surface area (Å²) in [5.74, 6) is 0.305. The Bertz CT molecular complexity index is 937. The van der Waals surface area contributed by atoms with E-state index in [9.17, 15) is 9.59 Å². The summed E-state index contributed by atoms with van der Waals surface area (Å²) in [5, 5.41) is 3.01. The molecular weight excluding hydrogens is 368 g/mol. The summed E-state index contributed by atoms with van der Waals surface area (Å²) in [6.45, 7) is 7.03. The van der Waals surface area contributed by atoms with Gasteiger partial charge in [-0.05, 0) is 57.5 Å². The maximum Gasteiger partial charge on any atom is 0.259 e. The van der Waals surface area contributed by atoms with Crippen molar-refractivity contribution in [3.63, 3.8) is 0 Å². The van der Waals surface area contributed by atoms with Crippen LogP contribution in [0.15, 0.2) is 30.3 Å². The van der Waals surface area contributed by atoms with Crippen LogP contribution in [0.5, 0.6) is 11.5 Å². The third-order valence-electron chi connectivity index (χ3n) is 4.99. The van der Waals surface area contributed by atoms with Crippen molar-refractivity contribution in [1.82, 2.24) is 4.90 Å². The highest BCUT2D eigenvalue weighted by molar-refractivity contribution is 6.09. The summed E-state index contributed by atoms with van der Waals surface area (Å²) in [7, 11) is 3.59. The van der Waals surface area contributed by atoms with Crippen LogP contribution in [0, 0.1) is 0 Å². The molecule has 0 fully saturated rings. The van der Waals surface area contributed by atoms with Gasteiger partial charge in [0.1, 0.15) is 11.5 Å². The summed E-state index contributed by atoms with van der Waals surface area (Å²) in [6, 6.07) is 9.12. The number of nitrogens with one attached hydrogen (secondary N) is 1. The van der Waals surface area contributed by atoms with Gasteiger partial charge < -0.3 is 19.7 Å². The van der Waals surface area contributed by atoms with Gasteiger partial charge in [-0.2, -0.15) is 0 Å². The molecule has 2 aromatic rings. The van der Waals surface area contributed by atoms with Gasteiger partial charge in [-0.15, -0.1) is 0 Å². The second kappa shape index (κ2) is 8.66. The first kappa shape index (κ1) is 20.9. The largest absolute Gasteiger partial charge is 0.496 e. The molecule has 0 aromatic heterocycles. The van der Waals surface area contributed by atoms with Crippen molar-refractivity contribution in [3.05, 3.63) is 52.6 Å². The molecule has 0 aliphatic carbocycles. The van der Waals surface area contributed by atoms with Gasteiger partial charge in [0, 0.05) is 24.8 Å². The van der Waals surface area contributed by atoms with Crippen molar-refractivity contribution in [2.45, 2.75) is 39.8 Å². The van der Waals surface area contributed by atoms with Gasteiger partial charge in [-0.1, -0.05) is 12.1 Å². The second-order valence-corrected chi connectivity index (χ2v) is 7.66. The average molecular weight is 396 g/mol. The minimum absolute atomic E-state index is 0.105. The Morgan fingerprint density at radius 3 is 2.55 bits per heavy atom. The summed E-state index contributed by atoms with van der Waals surface area (Å²) >= 11 is 0. The summed E-state index contributed by atoms with van der Waals surface area (Å²) in [6.07, 6.45) is 0.769. The smallest absolute Gasteiger partial charge is 0.259 e. The number of hydrogen-bond acceptors (Lipinski definition) is 5. The van der Waals surface area contributed by atoms with E-state index in [0.717, 1.165) is 30.8 Å². The lowest BCUT2D eigenvalue weighted by atomic mass is 9.97. The molecule has 0 unspecified atom stereocenters. The van der Waals surface area contributed by atoms with Crippen molar-refractivity contribution in [1.29, 1.82) is 0 Å². The van der Waals surface area contributed by atoms with E-state index >= 15 is 0 Å². The standard InChI is InChI=1S/C23H28N2O4/c1-14(2)29-22-12-21(28-5)19(11-18(22)15(3)26)23(27)24-20-8-6-7-16-13-25(4)10-9-17(16)20/h6-8,11-12,14H,9-10,13H2,1-5H3,(H,24,27). The van der Waals surface area contributed by atoms with E-state index in [2.05, 4.69) is 23.3 Å². The predicted octanol–water partition coefficient (Wildman–Crippen LogP) is 3.93. The number of ketones is 1. The molecule has 1 N–H and O–H groups in total. The third kappa shape index (κ3) is 4.59. The summed E-state index contributed by atoms with van der Waals surface area (Å²) in [5.41, 5.74) is 3.84. The molecule has 1 aliphatic heterocycles. The topological polar surface area (TPSA) is 67.9 Å². The first-order valence-electron chi connectivity index (χ1n) is 9.80. The fourth-order valence-corrected chi connectivity index (χ4v) is 3.59. The van der Waals surface area contributed by atoms with Gasteiger partial charge in [0.05, 0.1) is 24.3 Å². The first-order chi connectivity index (χ1) is 13.8. The minimum Gasteiger partial charge on any atom is -0.496 e. The maximum atomic E-state index is 13.1. The monoisotopic (exact) mass is 396 g/mol. The Balaban J connectivity index is 1.96. The zero-order valence-electron chi connectivity index (χ0n) is 17.7. The number of carbonyl (C=O) groups is 2. The number of rotatable bonds is 6. The van der Waals surface area contributed by atoms with Crippen LogP contribution in [0.25, 0.3) is 0 Å². The second-order valence-electron chi connectivity index (χ2n) is 7.66. The van der Waals surface area contributed by atoms with E-state index in [-0.39, 0.29) is 17.8 Å². The molecule has 1 aliphatic rings. The van der Waals surface area contributed by atoms with Crippen LogP contribution in [-0.2, 0) is 13.0 Å². The summed E-state index contributed by atoms with van der Waals surface area (Å²) in [4.78, 5) is 27.5. The fraction of sp³-hybridized carbons (Fsp3) is 0.391. The highest BCUT2D eigenvalue weighted by Gasteiger charge is 2.22. The Morgan fingerprint density at radius 2 is 1.90 bits per heavy atom. The van der Waals surface area contributed by atoms with Crippen molar-refractivity contribution in [2.75, 3.05) is 26.0 Å². The van der Waals surface area contributed by atoms with Crippen molar-refractivity contribution < 1.29 is 19.1 Å². The van der Waals surface area contributed by atoms with Crippen molar-refractivity contribution in [2.24, 2.45) is 0 Å². The van der Waals surface area contributed by atoms with Crippen LogP contribution >= 0.6 is 0 Å². The number of ether oxygens (including phenoxy) is 2. The quantitative estimate of drug-likeness (QED) is 0.750. The third-order valence-corrected chi connectivity index (χ3v) is 4.99. The molecule has 0 spiro atoms. The van der Waals surface area contributed by atoms with Gasteiger partial charge in [-0.25, -0.2) is 0 Å².